The molecule has 0 radical (unpaired) electrons. The third-order valence-corrected chi connectivity index (χ3v) is 9.78. The van der Waals surface area contributed by atoms with Crippen molar-refractivity contribution in [1.29, 1.82) is 0 Å². The molecule has 0 saturated carbocycles. The van der Waals surface area contributed by atoms with Gasteiger partial charge >= 0.3 is 6.03 Å². The monoisotopic (exact) mass is 729 g/mol. The highest BCUT2D eigenvalue weighted by Gasteiger charge is 2.43. The van der Waals surface area contributed by atoms with E-state index in [4.69, 9.17) is 14.9 Å². The summed E-state index contributed by atoms with van der Waals surface area (Å²) in [4.78, 5) is 62.2. The molecule has 5 aromatic rings. The Morgan fingerprint density at radius 3 is 2.20 bits per heavy atom. The number of aromatic nitrogens is 1. The van der Waals surface area contributed by atoms with Crippen LogP contribution in [0.1, 0.15) is 60.3 Å². The van der Waals surface area contributed by atoms with Crippen molar-refractivity contribution in [3.8, 4) is 0 Å². The van der Waals surface area contributed by atoms with E-state index in [1.165, 1.54) is 4.90 Å². The third kappa shape index (κ3) is 10.3. The Labute approximate surface area is 315 Å². The number of para-hydroxylation sites is 3. The van der Waals surface area contributed by atoms with E-state index >= 15 is 0 Å². The molecule has 0 spiro atoms. The van der Waals surface area contributed by atoms with Crippen LogP contribution in [0.25, 0.3) is 11.1 Å². The number of hydrogen-bond acceptors (Lipinski definition) is 8. The van der Waals surface area contributed by atoms with Crippen LogP contribution < -0.4 is 16.4 Å². The normalized spacial score (nSPS) is 16.5. The number of carbonyl (C=O) groups is 4. The van der Waals surface area contributed by atoms with Crippen LogP contribution in [-0.2, 0) is 27.4 Å². The molecule has 1 saturated heterocycles. The molecule has 0 bridgehead atoms. The van der Waals surface area contributed by atoms with Crippen LogP contribution in [0.4, 0.5) is 10.5 Å². The number of unbranched alkanes of at least 4 members (excludes halogenated alkanes) is 1. The van der Waals surface area contributed by atoms with Gasteiger partial charge in [0.2, 0.25) is 11.7 Å². The molecule has 4 aromatic carbocycles. The number of ether oxygens (including phenoxy) is 1. The molecule has 1 aliphatic rings. The first-order valence-electron chi connectivity index (χ1n) is 18.6. The molecule has 0 aliphatic carbocycles. The minimum Gasteiger partial charge on any atom is -0.434 e. The van der Waals surface area contributed by atoms with Crippen LogP contribution in [0.3, 0.4) is 0 Å². The summed E-state index contributed by atoms with van der Waals surface area (Å²) < 4.78 is 12.1. The second-order valence-electron chi connectivity index (χ2n) is 13.7. The molecular formula is C43H47N5O6. The van der Waals surface area contributed by atoms with Crippen molar-refractivity contribution in [1.82, 2.24) is 15.2 Å². The first-order chi connectivity index (χ1) is 26.4. The van der Waals surface area contributed by atoms with Crippen LogP contribution >= 0.6 is 0 Å². The molecule has 1 aliphatic heterocycles. The van der Waals surface area contributed by atoms with Gasteiger partial charge in [-0.1, -0.05) is 97.4 Å². The van der Waals surface area contributed by atoms with Gasteiger partial charge in [-0.2, -0.15) is 0 Å². The zero-order chi connectivity index (χ0) is 37.7. The Morgan fingerprint density at radius 2 is 1.50 bits per heavy atom. The highest BCUT2D eigenvalue weighted by Crippen LogP contribution is 2.29. The van der Waals surface area contributed by atoms with Crippen molar-refractivity contribution in [3.05, 3.63) is 132 Å². The standard InChI is InChI=1S/C43H47N5O6/c44-25-13-12-18-32(40(50)41-46-35-21-10-11-22-39(35)54-41)26-38(49)37-27-34(53-29-31-16-6-2-7-17-31)28-48(37)42(51)36(24-23-30-14-4-1-5-15-30)47-43(52)45-33-19-8-3-9-20-33/h1-11,14-17,19-22,32,34,36-37H,12-13,18,23-29,44H2,(H2,45,47,52)/t32-,34-,36-,37+/m1/s1. The number of amides is 3. The van der Waals surface area contributed by atoms with Gasteiger partial charge in [-0.25, -0.2) is 9.78 Å². The number of oxazole rings is 1. The van der Waals surface area contributed by atoms with Crippen molar-refractivity contribution in [3.63, 3.8) is 0 Å². The van der Waals surface area contributed by atoms with Crippen LogP contribution in [-0.4, -0.2) is 64.7 Å². The quantitative estimate of drug-likeness (QED) is 0.0663. The van der Waals surface area contributed by atoms with E-state index in [9.17, 15) is 19.2 Å². The largest absolute Gasteiger partial charge is 0.434 e. The average Bonchev–Trinajstić information content (AvgIpc) is 3.84. The minimum atomic E-state index is -0.946. The summed E-state index contributed by atoms with van der Waals surface area (Å²) in [5.74, 6) is -1.76. The lowest BCUT2D eigenvalue weighted by molar-refractivity contribution is -0.139. The number of benzene rings is 4. The molecule has 280 valence electrons. The van der Waals surface area contributed by atoms with Crippen LogP contribution in [0, 0.1) is 5.92 Å². The van der Waals surface area contributed by atoms with Crippen LogP contribution in [0.15, 0.2) is 120 Å². The predicted octanol–water partition coefficient (Wildman–Crippen LogP) is 6.72. The lowest BCUT2D eigenvalue weighted by Gasteiger charge is -2.29. The van der Waals surface area contributed by atoms with Crippen molar-refractivity contribution in [2.24, 2.45) is 11.7 Å². The van der Waals surface area contributed by atoms with E-state index in [1.54, 1.807) is 30.3 Å². The van der Waals surface area contributed by atoms with Crippen molar-refractivity contribution in [2.45, 2.75) is 69.7 Å². The van der Waals surface area contributed by atoms with Gasteiger partial charge in [0, 0.05) is 31.0 Å². The summed E-state index contributed by atoms with van der Waals surface area (Å²) in [7, 11) is 0. The molecule has 3 amide bonds. The Balaban J connectivity index is 1.24. The van der Waals surface area contributed by atoms with E-state index in [0.29, 0.717) is 62.0 Å². The molecule has 11 nitrogen and oxygen atoms in total. The van der Waals surface area contributed by atoms with Crippen molar-refractivity contribution >= 4 is 40.3 Å². The molecule has 11 heteroatoms. The second-order valence-corrected chi connectivity index (χ2v) is 13.7. The van der Waals surface area contributed by atoms with Gasteiger partial charge < -0.3 is 30.4 Å². The number of Topliss-reactive ketones (excluding diaryl/α,β-unsaturated/α-hetero) is 2. The Hall–Kier alpha value is -5.65. The van der Waals surface area contributed by atoms with E-state index in [1.807, 2.05) is 84.9 Å². The summed E-state index contributed by atoms with van der Waals surface area (Å²) in [6.45, 7) is 0.919. The summed E-state index contributed by atoms with van der Waals surface area (Å²) in [5, 5.41) is 5.70. The number of nitrogens with one attached hydrogen (secondary N) is 2. The zero-order valence-corrected chi connectivity index (χ0v) is 30.3. The molecule has 4 N–H and O–H groups in total. The van der Waals surface area contributed by atoms with E-state index in [0.717, 1.165) is 11.1 Å². The molecule has 1 fully saturated rings. The number of carbonyl (C=O) groups excluding carboxylic acids is 4. The predicted molar refractivity (Wildman–Crippen MR) is 207 cm³/mol. The summed E-state index contributed by atoms with van der Waals surface area (Å²) >= 11 is 0. The van der Waals surface area contributed by atoms with Crippen molar-refractivity contribution < 1.29 is 28.3 Å². The number of likely N-dealkylation sites (tertiary alicyclic amines) is 1. The number of rotatable bonds is 18. The van der Waals surface area contributed by atoms with Crippen molar-refractivity contribution in [2.75, 3.05) is 18.4 Å². The van der Waals surface area contributed by atoms with Gasteiger partial charge in [0.25, 0.3) is 5.89 Å². The first kappa shape index (κ1) is 38.1. The Kier molecular flexibility index (Phi) is 13.3. The fourth-order valence-corrected chi connectivity index (χ4v) is 6.91. The van der Waals surface area contributed by atoms with E-state index in [-0.39, 0.29) is 42.8 Å². The van der Waals surface area contributed by atoms with Crippen LogP contribution in [0.2, 0.25) is 0 Å². The summed E-state index contributed by atoms with van der Waals surface area (Å²) in [6, 6.07) is 33.2. The second kappa shape index (κ2) is 18.9. The maximum atomic E-state index is 14.6. The van der Waals surface area contributed by atoms with E-state index in [2.05, 4.69) is 15.6 Å². The topological polar surface area (TPSA) is 157 Å². The summed E-state index contributed by atoms with van der Waals surface area (Å²) in [6.07, 6.45) is 2.26. The van der Waals surface area contributed by atoms with E-state index < -0.39 is 30.1 Å². The number of fused-ring (bicyclic) bond motifs is 1. The number of hydrogen-bond donors (Lipinski definition) is 3. The fraction of sp³-hybridized carbons (Fsp3) is 0.326. The number of urea groups is 1. The Morgan fingerprint density at radius 1 is 0.833 bits per heavy atom. The molecule has 4 atom stereocenters. The molecule has 2 heterocycles. The van der Waals surface area contributed by atoms with Crippen LogP contribution in [0.5, 0.6) is 0 Å². The van der Waals surface area contributed by atoms with Gasteiger partial charge in [0.15, 0.2) is 11.4 Å². The smallest absolute Gasteiger partial charge is 0.319 e. The number of ketones is 2. The maximum absolute atomic E-state index is 14.6. The highest BCUT2D eigenvalue weighted by molar-refractivity contribution is 6.00. The van der Waals surface area contributed by atoms with Gasteiger partial charge in [-0.05, 0) is 67.6 Å². The fourth-order valence-electron chi connectivity index (χ4n) is 6.91. The first-order valence-corrected chi connectivity index (χ1v) is 18.6. The Bertz CT molecular complexity index is 1950. The number of nitrogens with two attached hydrogens (primary N) is 1. The summed E-state index contributed by atoms with van der Waals surface area (Å²) in [5.41, 5.74) is 9.39. The number of nitrogens with zero attached hydrogens (tertiary/aromatic N) is 2. The zero-order valence-electron chi connectivity index (χ0n) is 30.3. The number of anilines is 1. The number of aryl methyl sites for hydroxylation is 1. The minimum absolute atomic E-state index is 0.0419. The molecular weight excluding hydrogens is 683 g/mol. The van der Waals surface area contributed by atoms with Gasteiger partial charge in [-0.15, -0.1) is 0 Å². The third-order valence-electron chi connectivity index (χ3n) is 9.78. The average molecular weight is 730 g/mol. The SMILES string of the molecule is NCCCC[C@H](CC(=O)[C@@H]1C[C@@H](OCc2ccccc2)CN1C(=O)[C@@H](CCc1ccccc1)NC(=O)Nc1ccccc1)C(=O)c1nc2ccccc2o1. The molecule has 1 aromatic heterocycles. The maximum Gasteiger partial charge on any atom is 0.319 e. The van der Waals surface area contributed by atoms with Gasteiger partial charge in [0.1, 0.15) is 11.6 Å². The lowest BCUT2D eigenvalue weighted by Crippen LogP contribution is -2.53. The van der Waals surface area contributed by atoms with Gasteiger partial charge in [-0.3, -0.25) is 14.4 Å². The molecule has 0 unspecified atom stereocenters. The lowest BCUT2D eigenvalue weighted by atomic mass is 9.89. The molecule has 6 rings (SSSR count). The highest BCUT2D eigenvalue weighted by atomic mass is 16.5. The van der Waals surface area contributed by atoms with Gasteiger partial charge in [0.05, 0.1) is 18.8 Å². The molecule has 54 heavy (non-hydrogen) atoms.